The number of benzene rings is 2. The van der Waals surface area contributed by atoms with Crippen LogP contribution in [0.15, 0.2) is 48.7 Å². The number of tetrazole rings is 1. The predicted octanol–water partition coefficient (Wildman–Crippen LogP) is 3.14. The molecule has 0 bridgehead atoms. The number of aromatic nitrogens is 6. The van der Waals surface area contributed by atoms with Crippen molar-refractivity contribution in [2.24, 2.45) is 11.8 Å². The Bertz CT molecular complexity index is 1240. The molecule has 2 aromatic carbocycles. The third-order valence-electron chi connectivity index (χ3n) is 6.41. The summed E-state index contributed by atoms with van der Waals surface area (Å²) in [6.07, 6.45) is 4.95. The van der Waals surface area contributed by atoms with Gasteiger partial charge in [-0.3, -0.25) is 9.89 Å². The van der Waals surface area contributed by atoms with Gasteiger partial charge in [-0.1, -0.05) is 36.4 Å². The van der Waals surface area contributed by atoms with E-state index >= 15 is 0 Å². The zero-order valence-corrected chi connectivity index (χ0v) is 17.1. The molecule has 2 aliphatic rings. The fraction of sp³-hybridized carbons (Fsp3) is 0.348. The number of aromatic amines is 1. The second kappa shape index (κ2) is 7.30. The molecule has 1 aliphatic carbocycles. The lowest BCUT2D eigenvalue weighted by Crippen LogP contribution is -2.30. The first-order valence-electron chi connectivity index (χ1n) is 10.8. The summed E-state index contributed by atoms with van der Waals surface area (Å²) in [6, 6.07) is 14.6. The quantitative estimate of drug-likeness (QED) is 0.543. The van der Waals surface area contributed by atoms with Crippen LogP contribution in [0.4, 0.5) is 0 Å². The summed E-state index contributed by atoms with van der Waals surface area (Å²) < 4.78 is 1.88. The van der Waals surface area contributed by atoms with Gasteiger partial charge in [-0.2, -0.15) is 5.10 Å². The first-order valence-corrected chi connectivity index (χ1v) is 10.8. The van der Waals surface area contributed by atoms with Crippen molar-refractivity contribution in [3.05, 3.63) is 48.7 Å². The van der Waals surface area contributed by atoms with Crippen LogP contribution < -0.4 is 0 Å². The average molecular weight is 413 g/mol. The number of carbonyl (C=O) groups excluding carboxylic acids is 1. The molecule has 3 heterocycles. The number of rotatable bonds is 5. The van der Waals surface area contributed by atoms with Crippen LogP contribution in [-0.2, 0) is 11.3 Å². The molecule has 1 saturated carbocycles. The number of carbonyl (C=O) groups is 1. The highest BCUT2D eigenvalue weighted by atomic mass is 16.2. The largest absolute Gasteiger partial charge is 0.342 e. The smallest absolute Gasteiger partial charge is 0.225 e. The van der Waals surface area contributed by atoms with Crippen molar-refractivity contribution < 1.29 is 4.79 Å². The number of nitrogens with one attached hydrogen (secondary N) is 1. The first-order chi connectivity index (χ1) is 15.2. The Labute approximate surface area is 179 Å². The predicted molar refractivity (Wildman–Crippen MR) is 116 cm³/mol. The standard InChI is InChI=1S/C23H23N7O/c31-23(18-5-6-18)29-10-9-15(13-29)14-30-22(26-27-28-30)17-3-1-16(2-4-17)19-7-8-20-12-24-25-21(20)11-19/h1-4,7-8,11-12,15,18H,5-6,9-10,13-14H2,(H,24,25). The Morgan fingerprint density at radius 2 is 1.84 bits per heavy atom. The topological polar surface area (TPSA) is 92.6 Å². The van der Waals surface area contributed by atoms with E-state index in [-0.39, 0.29) is 5.92 Å². The monoisotopic (exact) mass is 413 g/mol. The Morgan fingerprint density at radius 1 is 1.03 bits per heavy atom. The van der Waals surface area contributed by atoms with Crippen molar-refractivity contribution in [1.29, 1.82) is 0 Å². The molecule has 8 heteroatoms. The third-order valence-corrected chi connectivity index (χ3v) is 6.41. The zero-order valence-electron chi connectivity index (χ0n) is 17.1. The highest BCUT2D eigenvalue weighted by molar-refractivity contribution is 5.84. The molecule has 1 amide bonds. The van der Waals surface area contributed by atoms with Crippen LogP contribution in [0.1, 0.15) is 19.3 Å². The number of hydrogen-bond donors (Lipinski definition) is 1. The SMILES string of the molecule is O=C(C1CC1)N1CCC(Cn2nnnc2-c2ccc(-c3ccc4cn[nH]c4c3)cc2)C1. The minimum absolute atomic E-state index is 0.287. The molecule has 2 aromatic heterocycles. The molecule has 6 rings (SSSR count). The minimum Gasteiger partial charge on any atom is -0.342 e. The first kappa shape index (κ1) is 18.2. The molecule has 4 aromatic rings. The van der Waals surface area contributed by atoms with E-state index < -0.39 is 0 Å². The molecule has 8 nitrogen and oxygen atoms in total. The Balaban J connectivity index is 1.18. The highest BCUT2D eigenvalue weighted by Crippen LogP contribution is 2.33. The van der Waals surface area contributed by atoms with Gasteiger partial charge < -0.3 is 4.90 Å². The fourth-order valence-corrected chi connectivity index (χ4v) is 4.48. The van der Waals surface area contributed by atoms with Crippen LogP contribution in [0, 0.1) is 11.8 Å². The molecule has 31 heavy (non-hydrogen) atoms. The molecule has 1 saturated heterocycles. The van der Waals surface area contributed by atoms with Crippen LogP contribution in [0.25, 0.3) is 33.4 Å². The Morgan fingerprint density at radius 3 is 2.68 bits per heavy atom. The third kappa shape index (κ3) is 3.48. The van der Waals surface area contributed by atoms with Gasteiger partial charge in [-0.05, 0) is 52.8 Å². The Hall–Kier alpha value is -3.55. The number of amides is 1. The van der Waals surface area contributed by atoms with E-state index in [1.54, 1.807) is 0 Å². The molecule has 1 N–H and O–H groups in total. The van der Waals surface area contributed by atoms with Gasteiger partial charge in [0, 0.05) is 36.5 Å². The summed E-state index contributed by atoms with van der Waals surface area (Å²) in [5.41, 5.74) is 4.27. The summed E-state index contributed by atoms with van der Waals surface area (Å²) in [6.45, 7) is 2.39. The number of nitrogens with zero attached hydrogens (tertiary/aromatic N) is 6. The lowest BCUT2D eigenvalue weighted by atomic mass is 10.0. The van der Waals surface area contributed by atoms with Crippen LogP contribution in [0.5, 0.6) is 0 Å². The average Bonchev–Trinajstić information content (AvgIpc) is 3.17. The molecular weight excluding hydrogens is 390 g/mol. The van der Waals surface area contributed by atoms with E-state index in [0.717, 1.165) is 72.3 Å². The van der Waals surface area contributed by atoms with Crippen molar-refractivity contribution in [2.75, 3.05) is 13.1 Å². The van der Waals surface area contributed by atoms with Gasteiger partial charge in [0.25, 0.3) is 0 Å². The Kier molecular flexibility index (Phi) is 4.29. The van der Waals surface area contributed by atoms with E-state index in [1.807, 2.05) is 15.8 Å². The number of hydrogen-bond acceptors (Lipinski definition) is 5. The summed E-state index contributed by atoms with van der Waals surface area (Å²) in [5, 5.41) is 20.6. The van der Waals surface area contributed by atoms with Gasteiger partial charge in [0.2, 0.25) is 5.91 Å². The van der Waals surface area contributed by atoms with E-state index in [1.165, 1.54) is 0 Å². The van der Waals surface area contributed by atoms with Gasteiger partial charge in [0.15, 0.2) is 5.82 Å². The second-order valence-corrected chi connectivity index (χ2v) is 8.65. The number of H-pyrrole nitrogens is 1. The van der Waals surface area contributed by atoms with Crippen molar-refractivity contribution in [2.45, 2.75) is 25.8 Å². The second-order valence-electron chi connectivity index (χ2n) is 8.65. The van der Waals surface area contributed by atoms with E-state index in [4.69, 9.17) is 0 Å². The van der Waals surface area contributed by atoms with Gasteiger partial charge in [-0.15, -0.1) is 5.10 Å². The van der Waals surface area contributed by atoms with Crippen molar-refractivity contribution in [3.8, 4) is 22.5 Å². The molecule has 2 fully saturated rings. The van der Waals surface area contributed by atoms with Gasteiger partial charge in [0.05, 0.1) is 11.7 Å². The maximum Gasteiger partial charge on any atom is 0.225 e. The summed E-state index contributed by atoms with van der Waals surface area (Å²) in [5.74, 6) is 1.78. The molecule has 0 radical (unpaired) electrons. The molecule has 1 atom stereocenters. The summed E-state index contributed by atoms with van der Waals surface area (Å²) >= 11 is 0. The van der Waals surface area contributed by atoms with Crippen LogP contribution in [-0.4, -0.2) is 54.3 Å². The molecule has 1 unspecified atom stereocenters. The molecular formula is C23H23N7O. The highest BCUT2D eigenvalue weighted by Gasteiger charge is 2.36. The maximum atomic E-state index is 12.3. The van der Waals surface area contributed by atoms with Gasteiger partial charge >= 0.3 is 0 Å². The lowest BCUT2D eigenvalue weighted by Gasteiger charge is -2.16. The minimum atomic E-state index is 0.287. The normalized spacial score (nSPS) is 18.7. The summed E-state index contributed by atoms with van der Waals surface area (Å²) in [4.78, 5) is 14.3. The van der Waals surface area contributed by atoms with Crippen LogP contribution in [0.3, 0.4) is 0 Å². The van der Waals surface area contributed by atoms with E-state index in [2.05, 4.69) is 68.2 Å². The fourth-order valence-electron chi connectivity index (χ4n) is 4.48. The maximum absolute atomic E-state index is 12.3. The van der Waals surface area contributed by atoms with Gasteiger partial charge in [-0.25, -0.2) is 4.68 Å². The molecule has 1 aliphatic heterocycles. The van der Waals surface area contributed by atoms with Gasteiger partial charge in [0.1, 0.15) is 0 Å². The summed E-state index contributed by atoms with van der Waals surface area (Å²) in [7, 11) is 0. The van der Waals surface area contributed by atoms with Crippen molar-refractivity contribution in [3.63, 3.8) is 0 Å². The van der Waals surface area contributed by atoms with Crippen LogP contribution in [0.2, 0.25) is 0 Å². The molecule has 0 spiro atoms. The number of fused-ring (bicyclic) bond motifs is 1. The number of likely N-dealkylation sites (tertiary alicyclic amines) is 1. The zero-order chi connectivity index (χ0) is 20.8. The lowest BCUT2D eigenvalue weighted by molar-refractivity contribution is -0.131. The van der Waals surface area contributed by atoms with E-state index in [0.29, 0.717) is 11.8 Å². The molecule has 156 valence electrons. The van der Waals surface area contributed by atoms with Crippen molar-refractivity contribution in [1.82, 2.24) is 35.3 Å². The van der Waals surface area contributed by atoms with Crippen LogP contribution >= 0.6 is 0 Å². The van der Waals surface area contributed by atoms with E-state index in [9.17, 15) is 4.79 Å². The van der Waals surface area contributed by atoms with Crippen molar-refractivity contribution >= 4 is 16.8 Å².